The molecule has 0 bridgehead atoms. The van der Waals surface area contributed by atoms with E-state index in [-0.39, 0.29) is 0 Å². The maximum Gasteiger partial charge on any atom is 0.0434 e. The van der Waals surface area contributed by atoms with Crippen LogP contribution >= 0.6 is 0 Å². The molecular weight excluding hydrogens is 198 g/mol. The highest BCUT2D eigenvalue weighted by Crippen LogP contribution is 2.10. The van der Waals surface area contributed by atoms with Crippen molar-refractivity contribution in [1.29, 1.82) is 0 Å². The molecule has 0 saturated carbocycles. The molecule has 2 heteroatoms. The molecule has 2 nitrogen and oxygen atoms in total. The minimum Gasteiger partial charge on any atom is -0.396 e. The fourth-order valence-electron chi connectivity index (χ4n) is 1.94. The van der Waals surface area contributed by atoms with Gasteiger partial charge in [0.25, 0.3) is 0 Å². The monoisotopic (exact) mass is 229 g/mol. The standard InChI is InChI=1S/C14H31NO/c1-5-14(9-10-16)11-15-13(4)8-6-7-12(2)3/h12-16H,5-11H2,1-4H3. The van der Waals surface area contributed by atoms with Gasteiger partial charge in [0, 0.05) is 12.6 Å². The third-order valence-electron chi connectivity index (χ3n) is 3.29. The van der Waals surface area contributed by atoms with Gasteiger partial charge < -0.3 is 10.4 Å². The second kappa shape index (κ2) is 10.1. The van der Waals surface area contributed by atoms with Gasteiger partial charge in [0.1, 0.15) is 0 Å². The zero-order chi connectivity index (χ0) is 12.4. The molecule has 2 atom stereocenters. The Bertz CT molecular complexity index is 148. The Balaban J connectivity index is 3.50. The van der Waals surface area contributed by atoms with E-state index in [1.54, 1.807) is 0 Å². The molecule has 0 aliphatic carbocycles. The Hall–Kier alpha value is -0.0800. The molecule has 0 aliphatic rings. The fraction of sp³-hybridized carbons (Fsp3) is 1.00. The summed E-state index contributed by atoms with van der Waals surface area (Å²) in [4.78, 5) is 0. The summed E-state index contributed by atoms with van der Waals surface area (Å²) in [5.74, 6) is 1.46. The van der Waals surface area contributed by atoms with Crippen LogP contribution in [0.4, 0.5) is 0 Å². The van der Waals surface area contributed by atoms with Crippen LogP contribution in [0, 0.1) is 11.8 Å². The molecule has 0 aromatic rings. The number of aliphatic hydroxyl groups is 1. The largest absolute Gasteiger partial charge is 0.396 e. The van der Waals surface area contributed by atoms with Gasteiger partial charge in [-0.3, -0.25) is 0 Å². The smallest absolute Gasteiger partial charge is 0.0434 e. The van der Waals surface area contributed by atoms with Gasteiger partial charge in [-0.2, -0.15) is 0 Å². The normalized spacial score (nSPS) is 15.4. The highest BCUT2D eigenvalue weighted by Gasteiger charge is 2.08. The summed E-state index contributed by atoms with van der Waals surface area (Å²) in [5.41, 5.74) is 0. The zero-order valence-electron chi connectivity index (χ0n) is 11.6. The lowest BCUT2D eigenvalue weighted by atomic mass is 10.0. The van der Waals surface area contributed by atoms with E-state index in [0.717, 1.165) is 25.3 Å². The van der Waals surface area contributed by atoms with Crippen molar-refractivity contribution in [3.8, 4) is 0 Å². The molecule has 0 aromatic heterocycles. The van der Waals surface area contributed by atoms with Crippen molar-refractivity contribution in [2.45, 2.75) is 65.8 Å². The first-order chi connectivity index (χ1) is 7.60. The van der Waals surface area contributed by atoms with E-state index in [2.05, 4.69) is 33.0 Å². The Morgan fingerprint density at radius 3 is 2.25 bits per heavy atom. The summed E-state index contributed by atoms with van der Waals surface area (Å²) >= 11 is 0. The van der Waals surface area contributed by atoms with Gasteiger partial charge in [-0.05, 0) is 38.1 Å². The van der Waals surface area contributed by atoms with Crippen LogP contribution in [0.5, 0.6) is 0 Å². The molecule has 98 valence electrons. The molecule has 2 unspecified atom stereocenters. The molecule has 0 aliphatic heterocycles. The van der Waals surface area contributed by atoms with Crippen LogP contribution < -0.4 is 5.32 Å². The lowest BCUT2D eigenvalue weighted by Crippen LogP contribution is -2.31. The number of rotatable bonds is 10. The zero-order valence-corrected chi connectivity index (χ0v) is 11.6. The van der Waals surface area contributed by atoms with Crippen LogP contribution in [0.1, 0.15) is 59.8 Å². The Morgan fingerprint density at radius 2 is 1.75 bits per heavy atom. The fourth-order valence-corrected chi connectivity index (χ4v) is 1.94. The molecule has 0 heterocycles. The first-order valence-electron chi connectivity index (χ1n) is 6.94. The highest BCUT2D eigenvalue weighted by atomic mass is 16.3. The predicted molar refractivity (Wildman–Crippen MR) is 71.6 cm³/mol. The van der Waals surface area contributed by atoms with Crippen molar-refractivity contribution in [3.05, 3.63) is 0 Å². The van der Waals surface area contributed by atoms with Crippen molar-refractivity contribution in [3.63, 3.8) is 0 Å². The molecule has 0 spiro atoms. The third kappa shape index (κ3) is 9.17. The van der Waals surface area contributed by atoms with Crippen molar-refractivity contribution < 1.29 is 5.11 Å². The molecule has 0 fully saturated rings. The van der Waals surface area contributed by atoms with E-state index < -0.39 is 0 Å². The number of nitrogens with one attached hydrogen (secondary N) is 1. The van der Waals surface area contributed by atoms with Gasteiger partial charge in [-0.25, -0.2) is 0 Å². The number of hydrogen-bond acceptors (Lipinski definition) is 2. The van der Waals surface area contributed by atoms with Crippen LogP contribution in [-0.2, 0) is 0 Å². The van der Waals surface area contributed by atoms with Crippen molar-refractivity contribution in [2.24, 2.45) is 11.8 Å². The maximum atomic E-state index is 8.91. The average Bonchev–Trinajstić information content (AvgIpc) is 2.23. The second-order valence-corrected chi connectivity index (χ2v) is 5.42. The lowest BCUT2D eigenvalue weighted by molar-refractivity contribution is 0.248. The first kappa shape index (κ1) is 15.9. The van der Waals surface area contributed by atoms with Crippen LogP contribution in [0.15, 0.2) is 0 Å². The van der Waals surface area contributed by atoms with Gasteiger partial charge in [0.2, 0.25) is 0 Å². The molecule has 0 rings (SSSR count). The molecule has 0 aromatic carbocycles. The Labute approximate surface area is 102 Å². The van der Waals surface area contributed by atoms with E-state index >= 15 is 0 Å². The van der Waals surface area contributed by atoms with Crippen molar-refractivity contribution in [2.75, 3.05) is 13.2 Å². The topological polar surface area (TPSA) is 32.3 Å². The first-order valence-corrected chi connectivity index (χ1v) is 6.94. The minimum atomic E-state index is 0.321. The van der Waals surface area contributed by atoms with Crippen LogP contribution in [0.25, 0.3) is 0 Å². The van der Waals surface area contributed by atoms with Gasteiger partial charge >= 0.3 is 0 Å². The third-order valence-corrected chi connectivity index (χ3v) is 3.29. The van der Waals surface area contributed by atoms with E-state index in [0.29, 0.717) is 18.6 Å². The Kier molecular flexibility index (Phi) is 10.0. The van der Waals surface area contributed by atoms with E-state index in [9.17, 15) is 0 Å². The second-order valence-electron chi connectivity index (χ2n) is 5.42. The van der Waals surface area contributed by atoms with Crippen LogP contribution in [0.2, 0.25) is 0 Å². The van der Waals surface area contributed by atoms with Gasteiger partial charge in [0.05, 0.1) is 0 Å². The van der Waals surface area contributed by atoms with Crippen LogP contribution in [-0.4, -0.2) is 24.3 Å². The number of hydrogen-bond donors (Lipinski definition) is 2. The van der Waals surface area contributed by atoms with Gasteiger partial charge in [0.15, 0.2) is 0 Å². The predicted octanol–water partition coefficient (Wildman–Crippen LogP) is 3.20. The summed E-state index contributed by atoms with van der Waals surface area (Å²) in [6.45, 7) is 10.4. The van der Waals surface area contributed by atoms with Crippen molar-refractivity contribution in [1.82, 2.24) is 5.32 Å². The van der Waals surface area contributed by atoms with Crippen LogP contribution in [0.3, 0.4) is 0 Å². The summed E-state index contributed by atoms with van der Waals surface area (Å²) in [6.07, 6.45) is 6.02. The average molecular weight is 229 g/mol. The molecule has 2 N–H and O–H groups in total. The number of aliphatic hydroxyl groups excluding tert-OH is 1. The molecule has 0 amide bonds. The minimum absolute atomic E-state index is 0.321. The molecule has 16 heavy (non-hydrogen) atoms. The molecule has 0 saturated heterocycles. The molecular formula is C14H31NO. The van der Waals surface area contributed by atoms with Gasteiger partial charge in [-0.1, -0.05) is 40.0 Å². The quantitative estimate of drug-likeness (QED) is 0.603. The summed E-state index contributed by atoms with van der Waals surface area (Å²) in [6, 6.07) is 0.617. The van der Waals surface area contributed by atoms with Crippen molar-refractivity contribution >= 4 is 0 Å². The summed E-state index contributed by atoms with van der Waals surface area (Å²) in [5, 5.41) is 12.5. The highest BCUT2D eigenvalue weighted by molar-refractivity contribution is 4.66. The Morgan fingerprint density at radius 1 is 1.06 bits per heavy atom. The summed E-state index contributed by atoms with van der Waals surface area (Å²) in [7, 11) is 0. The van der Waals surface area contributed by atoms with E-state index in [1.165, 1.54) is 19.3 Å². The summed E-state index contributed by atoms with van der Waals surface area (Å²) < 4.78 is 0. The lowest BCUT2D eigenvalue weighted by Gasteiger charge is -2.19. The van der Waals surface area contributed by atoms with E-state index in [4.69, 9.17) is 5.11 Å². The van der Waals surface area contributed by atoms with E-state index in [1.807, 2.05) is 0 Å². The molecule has 0 radical (unpaired) electrons. The maximum absolute atomic E-state index is 8.91. The van der Waals surface area contributed by atoms with Gasteiger partial charge in [-0.15, -0.1) is 0 Å². The SMILES string of the molecule is CCC(CCO)CNC(C)CCCC(C)C.